The van der Waals surface area contributed by atoms with Gasteiger partial charge in [-0.25, -0.2) is 4.79 Å². The molecular formula is C17H24O5. The Bertz CT molecular complexity index is 453. The van der Waals surface area contributed by atoms with Crippen molar-refractivity contribution in [2.75, 3.05) is 19.8 Å². The number of rotatable bonds is 10. The summed E-state index contributed by atoms with van der Waals surface area (Å²) in [5.74, 6) is 0.156. The van der Waals surface area contributed by atoms with Crippen molar-refractivity contribution in [3.05, 3.63) is 29.8 Å². The first-order valence-electron chi connectivity index (χ1n) is 7.67. The third-order valence-corrected chi connectivity index (χ3v) is 2.89. The van der Waals surface area contributed by atoms with Gasteiger partial charge in [0.25, 0.3) is 0 Å². The number of hydrogen-bond donors (Lipinski definition) is 0. The molecule has 0 heterocycles. The average Bonchev–Trinajstić information content (AvgIpc) is 2.52. The highest BCUT2D eigenvalue weighted by molar-refractivity contribution is 5.89. The van der Waals surface area contributed by atoms with Gasteiger partial charge in [-0.05, 0) is 49.9 Å². The summed E-state index contributed by atoms with van der Waals surface area (Å²) < 4.78 is 15.5. The molecular weight excluding hydrogens is 284 g/mol. The van der Waals surface area contributed by atoms with Crippen LogP contribution in [0.4, 0.5) is 0 Å². The number of ether oxygens (including phenoxy) is 3. The van der Waals surface area contributed by atoms with Gasteiger partial charge in [0.15, 0.2) is 0 Å². The van der Waals surface area contributed by atoms with Gasteiger partial charge in [-0.1, -0.05) is 6.92 Å². The van der Waals surface area contributed by atoms with Crippen molar-refractivity contribution in [2.45, 2.75) is 39.5 Å². The summed E-state index contributed by atoms with van der Waals surface area (Å²) in [6.45, 7) is 4.88. The van der Waals surface area contributed by atoms with Gasteiger partial charge in [0.1, 0.15) is 5.75 Å². The number of carbonyl (C=O) groups is 2. The number of hydrogen-bond acceptors (Lipinski definition) is 5. The maximum atomic E-state index is 11.8. The van der Waals surface area contributed by atoms with Crippen molar-refractivity contribution in [3.63, 3.8) is 0 Å². The Hall–Kier alpha value is -2.04. The first kappa shape index (κ1) is 18.0. The Labute approximate surface area is 131 Å². The second-order valence-corrected chi connectivity index (χ2v) is 4.91. The maximum Gasteiger partial charge on any atom is 0.338 e. The van der Waals surface area contributed by atoms with E-state index < -0.39 is 0 Å². The van der Waals surface area contributed by atoms with Crippen molar-refractivity contribution >= 4 is 11.9 Å². The van der Waals surface area contributed by atoms with E-state index in [4.69, 9.17) is 14.2 Å². The van der Waals surface area contributed by atoms with E-state index in [9.17, 15) is 9.59 Å². The highest BCUT2D eigenvalue weighted by Crippen LogP contribution is 2.13. The Balaban J connectivity index is 2.18. The van der Waals surface area contributed by atoms with E-state index in [0.717, 1.165) is 31.4 Å². The van der Waals surface area contributed by atoms with Gasteiger partial charge in [0.05, 0.1) is 25.4 Å². The number of benzene rings is 1. The largest absolute Gasteiger partial charge is 0.494 e. The van der Waals surface area contributed by atoms with Crippen LogP contribution in [0.15, 0.2) is 24.3 Å². The number of carbonyl (C=O) groups excluding carboxylic acids is 2. The molecule has 0 bridgehead atoms. The van der Waals surface area contributed by atoms with E-state index in [0.29, 0.717) is 25.4 Å². The molecule has 1 aromatic carbocycles. The zero-order chi connectivity index (χ0) is 16.2. The normalized spacial score (nSPS) is 10.1. The molecule has 0 atom stereocenters. The quantitative estimate of drug-likeness (QED) is 0.490. The molecule has 22 heavy (non-hydrogen) atoms. The molecule has 0 spiro atoms. The van der Waals surface area contributed by atoms with Gasteiger partial charge in [-0.15, -0.1) is 0 Å². The minimum atomic E-state index is -0.331. The Kier molecular flexibility index (Phi) is 8.72. The lowest BCUT2D eigenvalue weighted by molar-refractivity contribution is -0.141. The summed E-state index contributed by atoms with van der Waals surface area (Å²) in [4.78, 5) is 22.4. The van der Waals surface area contributed by atoms with Gasteiger partial charge in [0, 0.05) is 6.92 Å². The fourth-order valence-electron chi connectivity index (χ4n) is 1.75. The first-order valence-corrected chi connectivity index (χ1v) is 7.67. The van der Waals surface area contributed by atoms with E-state index >= 15 is 0 Å². The molecule has 0 fully saturated rings. The molecule has 0 saturated heterocycles. The zero-order valence-electron chi connectivity index (χ0n) is 13.3. The van der Waals surface area contributed by atoms with Crippen molar-refractivity contribution < 1.29 is 23.8 Å². The third kappa shape index (κ3) is 7.67. The van der Waals surface area contributed by atoms with E-state index in [2.05, 4.69) is 0 Å². The van der Waals surface area contributed by atoms with Gasteiger partial charge < -0.3 is 14.2 Å². The van der Waals surface area contributed by atoms with Crippen LogP contribution in [0.2, 0.25) is 0 Å². The highest BCUT2D eigenvalue weighted by Gasteiger charge is 2.07. The van der Waals surface area contributed by atoms with Crippen LogP contribution in [-0.2, 0) is 14.3 Å². The van der Waals surface area contributed by atoms with E-state index in [1.165, 1.54) is 6.92 Å². The van der Waals surface area contributed by atoms with E-state index in [-0.39, 0.29) is 11.9 Å². The number of unbranched alkanes of at least 4 members (excludes halogenated alkanes) is 2. The average molecular weight is 308 g/mol. The molecule has 0 aliphatic rings. The second kappa shape index (κ2) is 10.7. The molecule has 0 unspecified atom stereocenters. The molecule has 0 N–H and O–H groups in total. The molecule has 0 amide bonds. The minimum absolute atomic E-state index is 0.266. The molecule has 0 aromatic heterocycles. The fourth-order valence-corrected chi connectivity index (χ4v) is 1.75. The predicted octanol–water partition coefficient (Wildman–Crippen LogP) is 3.37. The first-order chi connectivity index (χ1) is 10.6. The summed E-state index contributed by atoms with van der Waals surface area (Å²) >= 11 is 0. The lowest BCUT2D eigenvalue weighted by Crippen LogP contribution is -2.07. The highest BCUT2D eigenvalue weighted by atomic mass is 16.5. The van der Waals surface area contributed by atoms with E-state index in [1.54, 1.807) is 24.3 Å². The minimum Gasteiger partial charge on any atom is -0.494 e. The lowest BCUT2D eigenvalue weighted by atomic mass is 10.2. The maximum absolute atomic E-state index is 11.8. The summed E-state index contributed by atoms with van der Waals surface area (Å²) in [6, 6.07) is 6.94. The monoisotopic (exact) mass is 308 g/mol. The molecule has 122 valence electrons. The molecule has 0 aliphatic carbocycles. The number of esters is 2. The molecule has 5 nitrogen and oxygen atoms in total. The molecule has 0 radical (unpaired) electrons. The zero-order valence-corrected chi connectivity index (χ0v) is 13.3. The fraction of sp³-hybridized carbons (Fsp3) is 0.529. The van der Waals surface area contributed by atoms with Crippen molar-refractivity contribution in [3.8, 4) is 5.75 Å². The molecule has 0 aliphatic heterocycles. The Morgan fingerprint density at radius 3 is 2.14 bits per heavy atom. The standard InChI is InChI=1S/C17H24O5/c1-3-11-21-16-9-7-15(8-10-16)17(19)22-13-6-4-5-12-20-14(2)18/h7-10H,3-6,11-13H2,1-2H3. The predicted molar refractivity (Wildman–Crippen MR) is 83.0 cm³/mol. The Morgan fingerprint density at radius 1 is 0.909 bits per heavy atom. The van der Waals surface area contributed by atoms with Gasteiger partial charge in [0.2, 0.25) is 0 Å². The van der Waals surface area contributed by atoms with Crippen LogP contribution in [0.1, 0.15) is 49.9 Å². The summed E-state index contributed by atoms with van der Waals surface area (Å²) in [5.41, 5.74) is 0.517. The molecule has 1 rings (SSSR count). The SMILES string of the molecule is CCCOc1ccc(C(=O)OCCCCCOC(C)=O)cc1. The summed E-state index contributed by atoms with van der Waals surface area (Å²) in [5, 5.41) is 0. The van der Waals surface area contributed by atoms with Crippen LogP contribution in [-0.4, -0.2) is 31.8 Å². The van der Waals surface area contributed by atoms with Crippen LogP contribution in [0, 0.1) is 0 Å². The van der Waals surface area contributed by atoms with Crippen LogP contribution >= 0.6 is 0 Å². The smallest absolute Gasteiger partial charge is 0.338 e. The third-order valence-electron chi connectivity index (χ3n) is 2.89. The Morgan fingerprint density at radius 2 is 1.55 bits per heavy atom. The van der Waals surface area contributed by atoms with E-state index in [1.807, 2.05) is 6.92 Å². The van der Waals surface area contributed by atoms with Gasteiger partial charge in [-0.2, -0.15) is 0 Å². The van der Waals surface area contributed by atoms with Crippen molar-refractivity contribution in [2.24, 2.45) is 0 Å². The van der Waals surface area contributed by atoms with Crippen LogP contribution < -0.4 is 4.74 Å². The van der Waals surface area contributed by atoms with Gasteiger partial charge in [-0.3, -0.25) is 4.79 Å². The summed E-state index contributed by atoms with van der Waals surface area (Å²) in [6.07, 6.45) is 3.33. The van der Waals surface area contributed by atoms with Crippen LogP contribution in [0.25, 0.3) is 0 Å². The molecule has 1 aromatic rings. The van der Waals surface area contributed by atoms with Crippen LogP contribution in [0.5, 0.6) is 5.75 Å². The summed E-state index contributed by atoms with van der Waals surface area (Å²) in [7, 11) is 0. The second-order valence-electron chi connectivity index (χ2n) is 4.91. The molecule has 0 saturated carbocycles. The van der Waals surface area contributed by atoms with Gasteiger partial charge >= 0.3 is 11.9 Å². The van der Waals surface area contributed by atoms with Crippen molar-refractivity contribution in [1.82, 2.24) is 0 Å². The lowest BCUT2D eigenvalue weighted by Gasteiger charge is -2.07. The molecule has 5 heteroatoms. The van der Waals surface area contributed by atoms with Crippen molar-refractivity contribution in [1.29, 1.82) is 0 Å². The van der Waals surface area contributed by atoms with Crippen LogP contribution in [0.3, 0.4) is 0 Å². The topological polar surface area (TPSA) is 61.8 Å².